The van der Waals surface area contributed by atoms with Crippen LogP contribution in [0.15, 0.2) is 48.5 Å². The molecule has 8 heteroatoms. The minimum Gasteiger partial charge on any atom is -0.481 e. The fourth-order valence-electron chi connectivity index (χ4n) is 4.32. The number of hydrogen-bond donors (Lipinski definition) is 3. The number of aliphatic carboxylic acids is 1. The lowest BCUT2D eigenvalue weighted by Gasteiger charge is -2.28. The largest absolute Gasteiger partial charge is 0.481 e. The molecular formula is C27H34N2O6. The van der Waals surface area contributed by atoms with Crippen LogP contribution in [-0.2, 0) is 19.1 Å². The Morgan fingerprint density at radius 3 is 2.14 bits per heavy atom. The summed E-state index contributed by atoms with van der Waals surface area (Å²) in [5, 5.41) is 14.5. The molecule has 0 spiro atoms. The topological polar surface area (TPSA) is 114 Å². The molecule has 8 nitrogen and oxygen atoms in total. The van der Waals surface area contributed by atoms with Gasteiger partial charge in [0.15, 0.2) is 0 Å². The molecule has 0 saturated heterocycles. The molecule has 0 bridgehead atoms. The number of fused-ring (bicyclic) bond motifs is 3. The molecule has 3 N–H and O–H groups in total. The molecule has 0 saturated carbocycles. The molecule has 3 rings (SSSR count). The van der Waals surface area contributed by atoms with E-state index in [9.17, 15) is 14.4 Å². The van der Waals surface area contributed by atoms with E-state index in [-0.39, 0.29) is 37.9 Å². The smallest absolute Gasteiger partial charge is 0.407 e. The molecule has 0 radical (unpaired) electrons. The SMILES string of the molecule is CCOC(CNC(=O)C(C)(CC)CNC(=O)OCC1c2ccccc2-c2ccccc21)CC(=O)O. The van der Waals surface area contributed by atoms with Crippen molar-refractivity contribution < 1.29 is 29.0 Å². The second kappa shape index (κ2) is 11.8. The molecule has 1 aliphatic rings. The van der Waals surface area contributed by atoms with Crippen LogP contribution in [0.4, 0.5) is 4.79 Å². The number of carboxylic acids is 1. The van der Waals surface area contributed by atoms with E-state index >= 15 is 0 Å². The van der Waals surface area contributed by atoms with Crippen LogP contribution in [0.3, 0.4) is 0 Å². The van der Waals surface area contributed by atoms with Crippen LogP contribution in [-0.4, -0.2) is 55.5 Å². The summed E-state index contributed by atoms with van der Waals surface area (Å²) in [5.74, 6) is -1.32. The van der Waals surface area contributed by atoms with E-state index < -0.39 is 23.6 Å². The predicted molar refractivity (Wildman–Crippen MR) is 132 cm³/mol. The lowest BCUT2D eigenvalue weighted by atomic mass is 9.86. The average Bonchev–Trinajstić information content (AvgIpc) is 3.18. The van der Waals surface area contributed by atoms with Crippen molar-refractivity contribution in [3.63, 3.8) is 0 Å². The standard InChI is InChI=1S/C27H34N2O6/c1-4-27(3,25(32)28-15-18(34-5-2)14-24(30)31)17-29-26(33)35-16-23-21-12-8-6-10-19(21)20-11-7-9-13-22(20)23/h6-13,18,23H,4-5,14-17H2,1-3H3,(H,28,32)(H,29,33)(H,30,31). The van der Waals surface area contributed by atoms with Gasteiger partial charge < -0.3 is 25.2 Å². The Kier molecular flexibility index (Phi) is 8.87. The zero-order valence-electron chi connectivity index (χ0n) is 20.5. The third kappa shape index (κ3) is 6.39. The summed E-state index contributed by atoms with van der Waals surface area (Å²) in [7, 11) is 0. The van der Waals surface area contributed by atoms with Crippen molar-refractivity contribution in [2.24, 2.45) is 5.41 Å². The molecule has 2 aromatic carbocycles. The number of ether oxygens (including phenoxy) is 2. The van der Waals surface area contributed by atoms with E-state index in [1.807, 2.05) is 31.2 Å². The first-order valence-electron chi connectivity index (χ1n) is 12.0. The van der Waals surface area contributed by atoms with Crippen LogP contribution in [0, 0.1) is 5.41 Å². The van der Waals surface area contributed by atoms with Gasteiger partial charge in [0.2, 0.25) is 5.91 Å². The second-order valence-corrected chi connectivity index (χ2v) is 8.98. The summed E-state index contributed by atoms with van der Waals surface area (Å²) in [4.78, 5) is 36.4. The zero-order valence-corrected chi connectivity index (χ0v) is 20.5. The van der Waals surface area contributed by atoms with Crippen molar-refractivity contribution in [2.75, 3.05) is 26.3 Å². The van der Waals surface area contributed by atoms with E-state index in [1.165, 1.54) is 0 Å². The van der Waals surface area contributed by atoms with Gasteiger partial charge in [0, 0.05) is 25.6 Å². The van der Waals surface area contributed by atoms with Gasteiger partial charge in [0.25, 0.3) is 0 Å². The number of carboxylic acid groups (broad SMARTS) is 1. The van der Waals surface area contributed by atoms with Gasteiger partial charge >= 0.3 is 12.1 Å². The molecule has 2 unspecified atom stereocenters. The third-order valence-corrected chi connectivity index (χ3v) is 6.59. The summed E-state index contributed by atoms with van der Waals surface area (Å²) in [5.41, 5.74) is 3.68. The highest BCUT2D eigenvalue weighted by molar-refractivity contribution is 5.83. The fourth-order valence-corrected chi connectivity index (χ4v) is 4.32. The highest BCUT2D eigenvalue weighted by Gasteiger charge is 2.33. The van der Waals surface area contributed by atoms with E-state index in [4.69, 9.17) is 14.6 Å². The molecule has 0 aliphatic heterocycles. The van der Waals surface area contributed by atoms with E-state index in [0.29, 0.717) is 13.0 Å². The maximum absolute atomic E-state index is 12.8. The van der Waals surface area contributed by atoms with Crippen LogP contribution in [0.2, 0.25) is 0 Å². The fraction of sp³-hybridized carbons (Fsp3) is 0.444. The van der Waals surface area contributed by atoms with Crippen molar-refractivity contribution >= 4 is 18.0 Å². The van der Waals surface area contributed by atoms with Crippen molar-refractivity contribution in [1.82, 2.24) is 10.6 Å². The predicted octanol–water partition coefficient (Wildman–Crippen LogP) is 3.94. The maximum atomic E-state index is 12.8. The summed E-state index contributed by atoms with van der Waals surface area (Å²) in [6.45, 7) is 6.09. The zero-order chi connectivity index (χ0) is 25.4. The number of nitrogens with one attached hydrogen (secondary N) is 2. The summed E-state index contributed by atoms with van der Waals surface area (Å²) < 4.78 is 11.0. The molecule has 188 valence electrons. The van der Waals surface area contributed by atoms with Gasteiger partial charge in [0.05, 0.1) is 17.9 Å². The van der Waals surface area contributed by atoms with Crippen molar-refractivity contribution in [3.05, 3.63) is 59.7 Å². The Bertz CT molecular complexity index is 1010. The molecule has 2 aromatic rings. The van der Waals surface area contributed by atoms with Gasteiger partial charge in [0.1, 0.15) is 6.61 Å². The van der Waals surface area contributed by atoms with Gasteiger partial charge in [-0.2, -0.15) is 0 Å². The minimum absolute atomic E-state index is 0.0428. The highest BCUT2D eigenvalue weighted by atomic mass is 16.5. The quantitative estimate of drug-likeness (QED) is 0.422. The summed E-state index contributed by atoms with van der Waals surface area (Å²) in [6.07, 6.45) is -0.926. The number of amides is 2. The Morgan fingerprint density at radius 2 is 1.60 bits per heavy atom. The Balaban J connectivity index is 1.54. The molecule has 0 heterocycles. The first-order valence-corrected chi connectivity index (χ1v) is 12.0. The number of carbonyl (C=O) groups is 3. The van der Waals surface area contributed by atoms with Crippen LogP contribution in [0.1, 0.15) is 50.7 Å². The number of alkyl carbamates (subject to hydrolysis) is 1. The van der Waals surface area contributed by atoms with Crippen LogP contribution in [0.5, 0.6) is 0 Å². The maximum Gasteiger partial charge on any atom is 0.407 e. The van der Waals surface area contributed by atoms with Crippen molar-refractivity contribution in [3.8, 4) is 11.1 Å². The van der Waals surface area contributed by atoms with Gasteiger partial charge in [-0.3, -0.25) is 9.59 Å². The first-order chi connectivity index (χ1) is 16.8. The van der Waals surface area contributed by atoms with E-state index in [2.05, 4.69) is 34.9 Å². The normalized spacial score (nSPS) is 14.8. The Labute approximate surface area is 206 Å². The molecule has 2 atom stereocenters. The van der Waals surface area contributed by atoms with Gasteiger partial charge in [-0.25, -0.2) is 4.79 Å². The minimum atomic E-state index is -0.993. The van der Waals surface area contributed by atoms with E-state index in [0.717, 1.165) is 22.3 Å². The van der Waals surface area contributed by atoms with Crippen molar-refractivity contribution in [1.29, 1.82) is 0 Å². The number of benzene rings is 2. The average molecular weight is 483 g/mol. The number of carbonyl (C=O) groups excluding carboxylic acids is 2. The van der Waals surface area contributed by atoms with Crippen LogP contribution >= 0.6 is 0 Å². The third-order valence-electron chi connectivity index (χ3n) is 6.59. The molecule has 2 amide bonds. The van der Waals surface area contributed by atoms with Gasteiger partial charge in [-0.15, -0.1) is 0 Å². The van der Waals surface area contributed by atoms with Crippen LogP contribution < -0.4 is 10.6 Å². The monoisotopic (exact) mass is 482 g/mol. The lowest BCUT2D eigenvalue weighted by molar-refractivity contribution is -0.141. The van der Waals surface area contributed by atoms with E-state index in [1.54, 1.807) is 13.8 Å². The van der Waals surface area contributed by atoms with Gasteiger partial charge in [-0.05, 0) is 42.5 Å². The molecule has 1 aliphatic carbocycles. The summed E-state index contributed by atoms with van der Waals surface area (Å²) in [6, 6.07) is 16.2. The molecular weight excluding hydrogens is 448 g/mol. The van der Waals surface area contributed by atoms with Crippen molar-refractivity contribution in [2.45, 2.75) is 45.6 Å². The Hall–Kier alpha value is -3.39. The highest BCUT2D eigenvalue weighted by Crippen LogP contribution is 2.44. The Morgan fingerprint density at radius 1 is 1.00 bits per heavy atom. The van der Waals surface area contributed by atoms with Gasteiger partial charge in [-0.1, -0.05) is 55.5 Å². The summed E-state index contributed by atoms with van der Waals surface area (Å²) >= 11 is 0. The number of hydrogen-bond acceptors (Lipinski definition) is 5. The molecule has 0 fully saturated rings. The second-order valence-electron chi connectivity index (χ2n) is 8.98. The lowest BCUT2D eigenvalue weighted by Crippen LogP contribution is -2.48. The molecule has 35 heavy (non-hydrogen) atoms. The van der Waals surface area contributed by atoms with Crippen LogP contribution in [0.25, 0.3) is 11.1 Å². The first kappa shape index (κ1) is 26.2. The number of rotatable bonds is 12. The molecule has 0 aromatic heterocycles.